The summed E-state index contributed by atoms with van der Waals surface area (Å²) in [4.78, 5) is 9.41. The molecule has 1 aliphatic heterocycles. The lowest BCUT2D eigenvalue weighted by molar-refractivity contribution is 0.407. The van der Waals surface area contributed by atoms with E-state index in [9.17, 15) is 0 Å². The molecule has 4 nitrogen and oxygen atoms in total. The van der Waals surface area contributed by atoms with Gasteiger partial charge in [-0.05, 0) is 55.0 Å². The first-order chi connectivity index (χ1) is 13.9. The molecule has 0 radical (unpaired) electrons. The van der Waals surface area contributed by atoms with Gasteiger partial charge in [-0.15, -0.1) is 0 Å². The number of aromatic nitrogens is 2. The molecule has 4 rings (SSSR count). The highest BCUT2D eigenvalue weighted by Gasteiger charge is 2.35. The molecule has 1 unspecified atom stereocenters. The summed E-state index contributed by atoms with van der Waals surface area (Å²) in [6.07, 6.45) is 2.07. The Morgan fingerprint density at radius 3 is 2.52 bits per heavy atom. The minimum atomic E-state index is -0.363. The van der Waals surface area contributed by atoms with Crippen molar-refractivity contribution < 1.29 is 4.74 Å². The molecule has 0 spiro atoms. The van der Waals surface area contributed by atoms with E-state index in [1.54, 1.807) is 13.2 Å². The molecule has 1 atom stereocenters. The standard InChI is InChI=1S/C22H22Cl3N3O/c1-5-12(6-2)14-7-8-15(24)19-18(14)26-22-27-21(25)20(28(19)22)17-11(3)9-13(23)10-16(17)29-4/h7-10,12,20H,5-6H2,1-4H3. The maximum Gasteiger partial charge on any atom is 0.232 e. The fourth-order valence-corrected chi connectivity index (χ4v) is 5.10. The van der Waals surface area contributed by atoms with E-state index >= 15 is 0 Å². The summed E-state index contributed by atoms with van der Waals surface area (Å²) in [5.74, 6) is 1.64. The maximum atomic E-state index is 6.68. The van der Waals surface area contributed by atoms with Crippen LogP contribution in [0.4, 0.5) is 5.95 Å². The van der Waals surface area contributed by atoms with Crippen LogP contribution >= 0.6 is 34.8 Å². The third-order valence-electron chi connectivity index (χ3n) is 5.72. The number of halogens is 3. The molecule has 0 saturated carbocycles. The van der Waals surface area contributed by atoms with Crippen LogP contribution in [0.5, 0.6) is 5.75 Å². The average Bonchev–Trinajstić information content (AvgIpc) is 3.19. The van der Waals surface area contributed by atoms with Gasteiger partial charge in [0.05, 0.1) is 23.2 Å². The Bertz CT molecular complexity index is 1130. The van der Waals surface area contributed by atoms with Gasteiger partial charge in [0.1, 0.15) is 17.0 Å². The summed E-state index contributed by atoms with van der Waals surface area (Å²) in [5, 5.41) is 1.67. The Morgan fingerprint density at radius 1 is 1.14 bits per heavy atom. The minimum absolute atomic E-state index is 0.363. The normalized spacial score (nSPS) is 15.9. The van der Waals surface area contributed by atoms with Crippen LogP contribution < -0.4 is 4.74 Å². The second-order valence-electron chi connectivity index (χ2n) is 7.30. The average molecular weight is 451 g/mol. The van der Waals surface area contributed by atoms with E-state index < -0.39 is 0 Å². The fourth-order valence-electron chi connectivity index (χ4n) is 4.31. The van der Waals surface area contributed by atoms with Gasteiger partial charge in [-0.25, -0.2) is 9.98 Å². The number of aliphatic imine (C=N–C) groups is 1. The van der Waals surface area contributed by atoms with Gasteiger partial charge >= 0.3 is 0 Å². The molecule has 0 amide bonds. The van der Waals surface area contributed by atoms with Gasteiger partial charge in [0.25, 0.3) is 0 Å². The van der Waals surface area contributed by atoms with Crippen LogP contribution in [0.25, 0.3) is 11.0 Å². The zero-order valence-electron chi connectivity index (χ0n) is 16.8. The molecule has 2 heterocycles. The van der Waals surface area contributed by atoms with Crippen LogP contribution in [0.15, 0.2) is 29.3 Å². The molecule has 0 N–H and O–H groups in total. The van der Waals surface area contributed by atoms with Gasteiger partial charge < -0.3 is 4.74 Å². The Hall–Kier alpha value is -1.75. The van der Waals surface area contributed by atoms with Crippen molar-refractivity contribution in [3.63, 3.8) is 0 Å². The highest BCUT2D eigenvalue weighted by molar-refractivity contribution is 6.67. The summed E-state index contributed by atoms with van der Waals surface area (Å²) >= 11 is 19.6. The monoisotopic (exact) mass is 449 g/mol. The van der Waals surface area contributed by atoms with E-state index in [0.717, 1.165) is 35.0 Å². The zero-order chi connectivity index (χ0) is 20.9. The summed E-state index contributed by atoms with van der Waals surface area (Å²) in [5.41, 5.74) is 4.82. The predicted molar refractivity (Wildman–Crippen MR) is 122 cm³/mol. The van der Waals surface area contributed by atoms with E-state index in [1.807, 2.05) is 23.6 Å². The van der Waals surface area contributed by atoms with Crippen LogP contribution in [-0.4, -0.2) is 21.8 Å². The summed E-state index contributed by atoms with van der Waals surface area (Å²) in [7, 11) is 1.62. The SMILES string of the molecule is CCC(CC)c1ccc(Cl)c2c1nc1n2C(c2c(C)cc(Cl)cc2OC)C(Cl)=N1. The second-order valence-corrected chi connectivity index (χ2v) is 8.54. The minimum Gasteiger partial charge on any atom is -0.496 e. The van der Waals surface area contributed by atoms with Crippen LogP contribution in [0, 0.1) is 6.92 Å². The third kappa shape index (κ3) is 3.22. The lowest BCUT2D eigenvalue weighted by Crippen LogP contribution is -2.15. The van der Waals surface area contributed by atoms with Gasteiger partial charge in [0.2, 0.25) is 5.95 Å². The molecule has 1 aromatic heterocycles. The van der Waals surface area contributed by atoms with Crippen LogP contribution in [-0.2, 0) is 0 Å². The number of ether oxygens (including phenoxy) is 1. The highest BCUT2D eigenvalue weighted by atomic mass is 35.5. The largest absolute Gasteiger partial charge is 0.496 e. The fraction of sp³-hybridized carbons (Fsp3) is 0.364. The number of hydrogen-bond acceptors (Lipinski definition) is 3. The molecule has 0 saturated heterocycles. The molecule has 0 bridgehead atoms. The number of benzene rings is 2. The second kappa shape index (κ2) is 7.82. The van der Waals surface area contributed by atoms with Crippen molar-refractivity contribution >= 4 is 57.0 Å². The molecule has 7 heteroatoms. The summed E-state index contributed by atoms with van der Waals surface area (Å²) < 4.78 is 7.65. The molecule has 0 aliphatic carbocycles. The molecular weight excluding hydrogens is 429 g/mol. The Labute approximate surface area is 185 Å². The van der Waals surface area contributed by atoms with Crippen molar-refractivity contribution in [2.45, 2.75) is 45.6 Å². The maximum absolute atomic E-state index is 6.68. The number of fused-ring (bicyclic) bond motifs is 3. The Morgan fingerprint density at radius 2 is 1.86 bits per heavy atom. The van der Waals surface area contributed by atoms with Crippen molar-refractivity contribution in [2.24, 2.45) is 4.99 Å². The number of methoxy groups -OCH3 is 1. The van der Waals surface area contributed by atoms with Gasteiger partial charge in [-0.3, -0.25) is 4.57 Å². The Kier molecular flexibility index (Phi) is 5.54. The van der Waals surface area contributed by atoms with Gasteiger partial charge in [0, 0.05) is 10.6 Å². The van der Waals surface area contributed by atoms with Crippen molar-refractivity contribution in [3.05, 3.63) is 51.0 Å². The first-order valence-electron chi connectivity index (χ1n) is 9.69. The van der Waals surface area contributed by atoms with E-state index in [-0.39, 0.29) is 6.04 Å². The molecule has 0 fully saturated rings. The summed E-state index contributed by atoms with van der Waals surface area (Å²) in [6.45, 7) is 6.37. The van der Waals surface area contributed by atoms with E-state index in [1.165, 1.54) is 5.56 Å². The number of nitrogens with zero attached hydrogens (tertiary/aromatic N) is 3. The smallest absolute Gasteiger partial charge is 0.232 e. The van der Waals surface area contributed by atoms with Crippen LogP contribution in [0.1, 0.15) is 55.3 Å². The topological polar surface area (TPSA) is 39.4 Å². The zero-order valence-corrected chi connectivity index (χ0v) is 19.0. The van der Waals surface area contributed by atoms with Crippen molar-refractivity contribution in [3.8, 4) is 5.75 Å². The molecule has 152 valence electrons. The molecular formula is C22H22Cl3N3O. The van der Waals surface area contributed by atoms with E-state index in [2.05, 4.69) is 24.9 Å². The highest BCUT2D eigenvalue weighted by Crippen LogP contribution is 2.46. The van der Waals surface area contributed by atoms with Crippen molar-refractivity contribution in [1.82, 2.24) is 9.55 Å². The Balaban J connectivity index is 2.01. The first kappa shape index (κ1) is 20.5. The quantitative estimate of drug-likeness (QED) is 0.405. The third-order valence-corrected chi connectivity index (χ3v) is 6.54. The van der Waals surface area contributed by atoms with Crippen molar-refractivity contribution in [2.75, 3.05) is 7.11 Å². The van der Waals surface area contributed by atoms with Crippen molar-refractivity contribution in [1.29, 1.82) is 0 Å². The lowest BCUT2D eigenvalue weighted by Gasteiger charge is -2.21. The van der Waals surface area contributed by atoms with Gasteiger partial charge in [-0.1, -0.05) is 54.7 Å². The molecule has 3 aromatic rings. The molecule has 2 aromatic carbocycles. The van der Waals surface area contributed by atoms with Gasteiger partial charge in [0.15, 0.2) is 0 Å². The van der Waals surface area contributed by atoms with E-state index in [4.69, 9.17) is 44.5 Å². The lowest BCUT2D eigenvalue weighted by atomic mass is 9.93. The van der Waals surface area contributed by atoms with Crippen LogP contribution in [0.2, 0.25) is 10.0 Å². The molecule has 1 aliphatic rings. The van der Waals surface area contributed by atoms with Gasteiger partial charge in [-0.2, -0.15) is 0 Å². The number of aryl methyl sites for hydroxylation is 1. The number of rotatable bonds is 5. The van der Waals surface area contributed by atoms with Crippen LogP contribution in [0.3, 0.4) is 0 Å². The predicted octanol–water partition coefficient (Wildman–Crippen LogP) is 7.44. The molecule has 29 heavy (non-hydrogen) atoms. The number of imidazole rings is 1. The first-order valence-corrected chi connectivity index (χ1v) is 10.8. The van der Waals surface area contributed by atoms with E-state index in [0.29, 0.717) is 32.8 Å². The number of hydrogen-bond donors (Lipinski definition) is 0. The summed E-state index contributed by atoms with van der Waals surface area (Å²) in [6, 6.07) is 7.36.